The highest BCUT2D eigenvalue weighted by molar-refractivity contribution is 9.08. The third kappa shape index (κ3) is 2.35. The van der Waals surface area contributed by atoms with E-state index in [-0.39, 0.29) is 0 Å². The van der Waals surface area contributed by atoms with E-state index in [1.165, 1.54) is 27.7 Å². The lowest BCUT2D eigenvalue weighted by molar-refractivity contribution is 0.770. The first-order valence-electron chi connectivity index (χ1n) is 7.19. The number of rotatable bonds is 3. The highest BCUT2D eigenvalue weighted by Crippen LogP contribution is 2.40. The van der Waals surface area contributed by atoms with Gasteiger partial charge in [0.15, 0.2) is 0 Å². The summed E-state index contributed by atoms with van der Waals surface area (Å²) in [5.41, 5.74) is 5.68. The van der Waals surface area contributed by atoms with Gasteiger partial charge < -0.3 is 0 Å². The summed E-state index contributed by atoms with van der Waals surface area (Å²) in [6, 6.07) is 6.66. The van der Waals surface area contributed by atoms with Gasteiger partial charge in [-0.1, -0.05) is 53.7 Å². The molecule has 0 unspecified atom stereocenters. The summed E-state index contributed by atoms with van der Waals surface area (Å²) in [4.78, 5) is 0. The van der Waals surface area contributed by atoms with Crippen molar-refractivity contribution < 1.29 is 0 Å². The molecular formula is C17H24BrN. The maximum absolute atomic E-state index is 3.77. The lowest BCUT2D eigenvalue weighted by atomic mass is 9.90. The molecule has 19 heavy (non-hydrogen) atoms. The molecule has 2 rings (SSSR count). The van der Waals surface area contributed by atoms with Gasteiger partial charge in [-0.25, -0.2) is 0 Å². The van der Waals surface area contributed by atoms with Crippen molar-refractivity contribution in [2.24, 2.45) is 0 Å². The van der Waals surface area contributed by atoms with Gasteiger partial charge in [0.2, 0.25) is 0 Å². The van der Waals surface area contributed by atoms with E-state index in [9.17, 15) is 0 Å². The molecule has 0 atom stereocenters. The largest absolute Gasteiger partial charge is 0.280 e. The van der Waals surface area contributed by atoms with Crippen molar-refractivity contribution in [3.05, 3.63) is 35.0 Å². The minimum absolute atomic E-state index is 0.518. The number of fused-ring (bicyclic) bond motifs is 1. The number of aromatic nitrogens is 1. The van der Waals surface area contributed by atoms with Gasteiger partial charge in [-0.05, 0) is 34.9 Å². The molecule has 1 heterocycles. The van der Waals surface area contributed by atoms with Crippen molar-refractivity contribution in [3.63, 3.8) is 0 Å². The molecule has 1 nitrogen and oxygen atoms in total. The second kappa shape index (κ2) is 5.32. The lowest BCUT2D eigenvalue weighted by Crippen LogP contribution is -2.00. The fourth-order valence-electron chi connectivity index (χ4n) is 2.98. The summed E-state index contributed by atoms with van der Waals surface area (Å²) in [5.74, 6) is 1.61. The van der Waals surface area contributed by atoms with Gasteiger partial charge in [-0.3, -0.25) is 3.59 Å². The zero-order valence-electron chi connectivity index (χ0n) is 12.8. The molecule has 0 N–H and O–H groups in total. The molecule has 2 aromatic rings. The average molecular weight is 322 g/mol. The fraction of sp³-hybridized carbons (Fsp3) is 0.529. The predicted molar refractivity (Wildman–Crippen MR) is 88.5 cm³/mol. The molecule has 0 aliphatic carbocycles. The van der Waals surface area contributed by atoms with Crippen LogP contribution in [0.4, 0.5) is 0 Å². The third-order valence-corrected chi connectivity index (χ3v) is 4.55. The van der Waals surface area contributed by atoms with E-state index < -0.39 is 0 Å². The minimum Gasteiger partial charge on any atom is -0.280 e. The van der Waals surface area contributed by atoms with Crippen LogP contribution in [0, 0.1) is 0 Å². The number of benzene rings is 1. The molecule has 1 aromatic heterocycles. The van der Waals surface area contributed by atoms with Crippen LogP contribution < -0.4 is 0 Å². The highest BCUT2D eigenvalue weighted by atomic mass is 79.9. The molecule has 0 amide bonds. The van der Waals surface area contributed by atoms with E-state index in [4.69, 9.17) is 0 Å². The molecule has 104 valence electrons. The molecule has 0 spiro atoms. The van der Waals surface area contributed by atoms with E-state index in [1.54, 1.807) is 0 Å². The van der Waals surface area contributed by atoms with Crippen LogP contribution in [0.2, 0.25) is 0 Å². The van der Waals surface area contributed by atoms with E-state index in [1.807, 2.05) is 0 Å². The molecular weight excluding hydrogens is 298 g/mol. The Labute approximate surface area is 125 Å². The molecule has 0 saturated heterocycles. The highest BCUT2D eigenvalue weighted by Gasteiger charge is 2.23. The SMILES string of the molecule is CC(C)c1cccc2c1c(C(C)C)c(C(C)C)n2Br. The first kappa shape index (κ1) is 14.6. The zero-order valence-corrected chi connectivity index (χ0v) is 14.4. The van der Waals surface area contributed by atoms with Crippen LogP contribution in [0.5, 0.6) is 0 Å². The Morgan fingerprint density at radius 1 is 0.895 bits per heavy atom. The van der Waals surface area contributed by atoms with Gasteiger partial charge >= 0.3 is 0 Å². The van der Waals surface area contributed by atoms with Gasteiger partial charge in [0.25, 0.3) is 0 Å². The summed E-state index contributed by atoms with van der Waals surface area (Å²) in [5, 5.41) is 1.45. The summed E-state index contributed by atoms with van der Waals surface area (Å²) < 4.78 is 2.22. The number of hydrogen-bond acceptors (Lipinski definition) is 0. The lowest BCUT2D eigenvalue weighted by Gasteiger charge is -2.14. The predicted octanol–water partition coefficient (Wildman–Crippen LogP) is 6.17. The Balaban J connectivity index is 2.95. The summed E-state index contributed by atoms with van der Waals surface area (Å²) in [6.07, 6.45) is 0. The Morgan fingerprint density at radius 3 is 2.00 bits per heavy atom. The Bertz CT molecular complexity index is 591. The van der Waals surface area contributed by atoms with Crippen molar-refractivity contribution in [2.75, 3.05) is 0 Å². The van der Waals surface area contributed by atoms with Crippen molar-refractivity contribution in [3.8, 4) is 0 Å². The van der Waals surface area contributed by atoms with E-state index >= 15 is 0 Å². The van der Waals surface area contributed by atoms with Crippen LogP contribution in [0.15, 0.2) is 18.2 Å². The van der Waals surface area contributed by atoms with Gasteiger partial charge in [-0.2, -0.15) is 0 Å². The number of nitrogens with zero attached hydrogens (tertiary/aromatic N) is 1. The molecule has 2 heteroatoms. The van der Waals surface area contributed by atoms with Crippen LogP contribution in [0.3, 0.4) is 0 Å². The van der Waals surface area contributed by atoms with E-state index in [2.05, 4.69) is 79.5 Å². The molecule has 1 aromatic carbocycles. The Hall–Kier alpha value is -0.760. The standard InChI is InChI=1S/C17H24BrN/c1-10(2)13-8-7-9-14-16(13)15(11(3)4)17(12(5)6)19(14)18/h7-12H,1-6H3. The molecule has 0 bridgehead atoms. The van der Waals surface area contributed by atoms with Gasteiger partial charge in [-0.15, -0.1) is 0 Å². The number of hydrogen-bond donors (Lipinski definition) is 0. The van der Waals surface area contributed by atoms with Crippen LogP contribution >= 0.6 is 16.1 Å². The minimum atomic E-state index is 0.518. The third-order valence-electron chi connectivity index (χ3n) is 3.79. The van der Waals surface area contributed by atoms with E-state index in [0.717, 1.165) is 0 Å². The average Bonchev–Trinajstić information content (AvgIpc) is 2.63. The first-order chi connectivity index (χ1) is 8.86. The van der Waals surface area contributed by atoms with Crippen LogP contribution in [0.1, 0.15) is 76.1 Å². The van der Waals surface area contributed by atoms with Crippen molar-refractivity contribution in [2.45, 2.75) is 59.3 Å². The zero-order chi connectivity index (χ0) is 14.3. The van der Waals surface area contributed by atoms with Crippen molar-refractivity contribution in [1.29, 1.82) is 0 Å². The van der Waals surface area contributed by atoms with Gasteiger partial charge in [0.05, 0.1) is 21.7 Å². The van der Waals surface area contributed by atoms with Gasteiger partial charge in [0, 0.05) is 11.1 Å². The molecule has 0 radical (unpaired) electrons. The smallest absolute Gasteiger partial charge is 0.0600 e. The Kier molecular flexibility index (Phi) is 4.10. The second-order valence-corrected chi connectivity index (χ2v) is 6.99. The molecule has 0 fully saturated rings. The van der Waals surface area contributed by atoms with Crippen LogP contribution in [-0.2, 0) is 0 Å². The van der Waals surface area contributed by atoms with Gasteiger partial charge in [0.1, 0.15) is 0 Å². The topological polar surface area (TPSA) is 4.93 Å². The second-order valence-electron chi connectivity index (χ2n) is 6.29. The molecule has 0 aliphatic rings. The van der Waals surface area contributed by atoms with E-state index in [0.29, 0.717) is 17.8 Å². The molecule has 0 saturated carbocycles. The van der Waals surface area contributed by atoms with Crippen molar-refractivity contribution in [1.82, 2.24) is 3.59 Å². The Morgan fingerprint density at radius 2 is 1.53 bits per heavy atom. The number of halogens is 1. The van der Waals surface area contributed by atoms with Crippen LogP contribution in [-0.4, -0.2) is 3.59 Å². The quantitative estimate of drug-likeness (QED) is 0.637. The monoisotopic (exact) mass is 321 g/mol. The first-order valence-corrected chi connectivity index (χ1v) is 7.90. The normalized spacial score (nSPS) is 12.3. The summed E-state index contributed by atoms with van der Waals surface area (Å²) >= 11 is 3.77. The fourth-order valence-corrected chi connectivity index (χ4v) is 3.88. The summed E-state index contributed by atoms with van der Waals surface area (Å²) in [7, 11) is 0. The van der Waals surface area contributed by atoms with Crippen LogP contribution in [0.25, 0.3) is 10.9 Å². The maximum Gasteiger partial charge on any atom is 0.0600 e. The van der Waals surface area contributed by atoms with Crippen molar-refractivity contribution >= 4 is 27.1 Å². The summed E-state index contributed by atoms with van der Waals surface area (Å²) in [6.45, 7) is 13.7. The molecule has 0 aliphatic heterocycles. The maximum atomic E-state index is 3.77.